The lowest BCUT2D eigenvalue weighted by Crippen LogP contribution is -2.60. The lowest BCUT2D eigenvalue weighted by Gasteiger charge is -2.40. The van der Waals surface area contributed by atoms with Crippen LogP contribution < -0.4 is 9.47 Å². The first-order valence-corrected chi connectivity index (χ1v) is 9.26. The summed E-state index contributed by atoms with van der Waals surface area (Å²) in [4.78, 5) is 22.6. The average molecular weight is 446 g/mol. The number of methoxy groups -OCH3 is 1. The maximum atomic E-state index is 11.9. The zero-order valence-corrected chi connectivity index (χ0v) is 16.9. The van der Waals surface area contributed by atoms with E-state index in [1.807, 2.05) is 0 Å². The second kappa shape index (κ2) is 10.1. The van der Waals surface area contributed by atoms with Crippen LogP contribution in [0.3, 0.4) is 0 Å². The molecule has 0 aromatic heterocycles. The monoisotopic (exact) mass is 446 g/mol. The molecule has 0 aliphatic carbocycles. The van der Waals surface area contributed by atoms with E-state index in [1.54, 1.807) is 0 Å². The maximum absolute atomic E-state index is 11.9. The summed E-state index contributed by atoms with van der Waals surface area (Å²) in [5.41, 5.74) is -1.84. The van der Waals surface area contributed by atoms with E-state index in [-0.39, 0.29) is 17.2 Å². The molecule has 6 atom stereocenters. The third kappa shape index (κ3) is 6.67. The minimum absolute atomic E-state index is 0.0854. The Hall–Kier alpha value is -2.64. The Bertz CT molecular complexity index is 779. The normalized spacial score (nSPS) is 27.7. The number of aliphatic carboxylic acids is 1. The fraction of sp³-hybridized carbons (Fsp3) is 0.579. The quantitative estimate of drug-likeness (QED) is 0.247. The van der Waals surface area contributed by atoms with Gasteiger partial charge in [-0.2, -0.15) is 0 Å². The summed E-state index contributed by atoms with van der Waals surface area (Å²) in [6.07, 6.45) is -9.05. The summed E-state index contributed by atoms with van der Waals surface area (Å²) >= 11 is 0. The van der Waals surface area contributed by atoms with Crippen LogP contribution in [-0.2, 0) is 19.1 Å². The predicted octanol–water partition coefficient (Wildman–Crippen LogP) is -1.25. The van der Waals surface area contributed by atoms with Gasteiger partial charge in [0, 0.05) is 6.07 Å². The highest BCUT2D eigenvalue weighted by atomic mass is 16.7. The summed E-state index contributed by atoms with van der Waals surface area (Å²) in [7, 11) is 1.32. The maximum Gasteiger partial charge on any atom is 0.308 e. The number of rotatable bonds is 9. The van der Waals surface area contributed by atoms with Gasteiger partial charge in [-0.05, 0) is 19.1 Å². The van der Waals surface area contributed by atoms with Crippen molar-refractivity contribution in [2.75, 3.05) is 13.7 Å². The zero-order valence-electron chi connectivity index (χ0n) is 16.9. The van der Waals surface area contributed by atoms with Crippen LogP contribution in [0.25, 0.3) is 0 Å². The van der Waals surface area contributed by atoms with Crippen molar-refractivity contribution >= 4 is 11.9 Å². The van der Waals surface area contributed by atoms with Crippen molar-refractivity contribution < 1.29 is 59.2 Å². The first kappa shape index (κ1) is 24.6. The Kier molecular flexibility index (Phi) is 8.03. The van der Waals surface area contributed by atoms with E-state index in [0.717, 1.165) is 6.92 Å². The van der Waals surface area contributed by atoms with Crippen LogP contribution in [0.2, 0.25) is 0 Å². The number of aromatic hydroxyl groups is 1. The van der Waals surface area contributed by atoms with Crippen LogP contribution >= 0.6 is 0 Å². The topological polar surface area (TPSA) is 192 Å². The fourth-order valence-electron chi connectivity index (χ4n) is 2.94. The SMILES string of the molecule is COc1cc(O[C@@H]2O[C@H](COC(=O)CC(C)(O)CC(=O)O)[C@@H](O)[C@H](O)[C@H]2O)ccc1O. The van der Waals surface area contributed by atoms with Gasteiger partial charge in [0.05, 0.1) is 25.6 Å². The van der Waals surface area contributed by atoms with Crippen molar-refractivity contribution in [1.82, 2.24) is 0 Å². The van der Waals surface area contributed by atoms with E-state index in [0.29, 0.717) is 0 Å². The van der Waals surface area contributed by atoms with Gasteiger partial charge in [0.15, 0.2) is 11.5 Å². The Morgan fingerprint density at radius 3 is 2.42 bits per heavy atom. The zero-order chi connectivity index (χ0) is 23.3. The molecule has 6 N–H and O–H groups in total. The van der Waals surface area contributed by atoms with Crippen molar-refractivity contribution in [2.45, 2.75) is 56.1 Å². The highest BCUT2D eigenvalue weighted by molar-refractivity contribution is 5.73. The molecule has 1 heterocycles. The molecule has 0 spiro atoms. The molecule has 0 radical (unpaired) electrons. The number of carboxylic acids is 1. The molecule has 12 nitrogen and oxygen atoms in total. The van der Waals surface area contributed by atoms with Crippen LogP contribution in [-0.4, -0.2) is 92.6 Å². The molecule has 1 aromatic rings. The standard InChI is InChI=1S/C19H26O12/c1-19(27,6-13(21)22)7-14(23)29-8-12-15(24)16(25)17(26)18(31-12)30-9-3-4-10(20)11(5-9)28-2/h3-5,12,15-18,20,24-27H,6-8H2,1-2H3,(H,21,22)/t12-,15-,16+,17-,18-,19?/m1/s1. The van der Waals surface area contributed by atoms with Crippen molar-refractivity contribution in [2.24, 2.45) is 0 Å². The number of benzene rings is 1. The van der Waals surface area contributed by atoms with Crippen LogP contribution in [0.1, 0.15) is 19.8 Å². The number of ether oxygens (including phenoxy) is 4. The number of carboxylic acid groups (broad SMARTS) is 1. The molecule has 1 fully saturated rings. The van der Waals surface area contributed by atoms with Gasteiger partial charge in [0.1, 0.15) is 36.8 Å². The molecule has 1 aromatic carbocycles. The highest BCUT2D eigenvalue weighted by Crippen LogP contribution is 2.32. The van der Waals surface area contributed by atoms with Crippen molar-refractivity contribution in [3.8, 4) is 17.2 Å². The van der Waals surface area contributed by atoms with Gasteiger partial charge in [-0.3, -0.25) is 9.59 Å². The number of aliphatic hydroxyl groups excluding tert-OH is 3. The van der Waals surface area contributed by atoms with Crippen LogP contribution in [0.5, 0.6) is 17.2 Å². The average Bonchev–Trinajstić information content (AvgIpc) is 2.67. The number of phenolic OH excluding ortho intramolecular Hbond substituents is 1. The molecule has 1 aliphatic heterocycles. The van der Waals surface area contributed by atoms with Gasteiger partial charge < -0.3 is 49.6 Å². The van der Waals surface area contributed by atoms with Gasteiger partial charge in [-0.25, -0.2) is 0 Å². The van der Waals surface area contributed by atoms with Crippen LogP contribution in [0.15, 0.2) is 18.2 Å². The predicted molar refractivity (Wildman–Crippen MR) is 100 cm³/mol. The van der Waals surface area contributed by atoms with Gasteiger partial charge in [-0.1, -0.05) is 0 Å². The summed E-state index contributed by atoms with van der Waals surface area (Å²) < 4.78 is 20.8. The van der Waals surface area contributed by atoms with Crippen LogP contribution in [0, 0.1) is 0 Å². The van der Waals surface area contributed by atoms with Gasteiger partial charge >= 0.3 is 11.9 Å². The second-order valence-corrected chi connectivity index (χ2v) is 7.39. The van der Waals surface area contributed by atoms with E-state index in [1.165, 1.54) is 25.3 Å². The minimum atomic E-state index is -1.84. The molecule has 2 rings (SSSR count). The molecule has 12 heteroatoms. The van der Waals surface area contributed by atoms with Gasteiger partial charge in [-0.15, -0.1) is 0 Å². The molecule has 0 bridgehead atoms. The van der Waals surface area contributed by atoms with Crippen molar-refractivity contribution in [3.05, 3.63) is 18.2 Å². The fourth-order valence-corrected chi connectivity index (χ4v) is 2.94. The molecule has 0 amide bonds. The smallest absolute Gasteiger partial charge is 0.308 e. The number of phenols is 1. The summed E-state index contributed by atoms with van der Waals surface area (Å²) in [5.74, 6) is -2.21. The molecule has 174 valence electrons. The van der Waals surface area contributed by atoms with E-state index >= 15 is 0 Å². The molecule has 1 unspecified atom stereocenters. The Labute approximate surface area is 177 Å². The Balaban J connectivity index is 2.01. The van der Waals surface area contributed by atoms with Crippen molar-refractivity contribution in [1.29, 1.82) is 0 Å². The van der Waals surface area contributed by atoms with E-state index in [4.69, 9.17) is 24.1 Å². The number of hydrogen-bond donors (Lipinski definition) is 6. The molecular formula is C19H26O12. The largest absolute Gasteiger partial charge is 0.504 e. The lowest BCUT2D eigenvalue weighted by molar-refractivity contribution is -0.278. The lowest BCUT2D eigenvalue weighted by atomic mass is 9.98. The Morgan fingerprint density at radius 1 is 1.13 bits per heavy atom. The first-order valence-electron chi connectivity index (χ1n) is 9.26. The van der Waals surface area contributed by atoms with E-state index in [9.17, 15) is 35.1 Å². The van der Waals surface area contributed by atoms with Gasteiger partial charge in [0.25, 0.3) is 0 Å². The first-order chi connectivity index (χ1) is 14.4. The minimum Gasteiger partial charge on any atom is -0.504 e. The molecule has 1 aliphatic rings. The third-order valence-corrected chi connectivity index (χ3v) is 4.54. The summed E-state index contributed by atoms with van der Waals surface area (Å²) in [6.45, 7) is 0.593. The number of carbonyl (C=O) groups excluding carboxylic acids is 1. The van der Waals surface area contributed by atoms with E-state index in [2.05, 4.69) is 0 Å². The number of carbonyl (C=O) groups is 2. The summed E-state index contributed by atoms with van der Waals surface area (Å²) in [5, 5.41) is 58.6. The highest BCUT2D eigenvalue weighted by Gasteiger charge is 2.45. The number of aliphatic hydroxyl groups is 4. The molecule has 31 heavy (non-hydrogen) atoms. The Morgan fingerprint density at radius 2 is 1.81 bits per heavy atom. The summed E-state index contributed by atoms with van der Waals surface area (Å²) in [6, 6.07) is 3.93. The van der Waals surface area contributed by atoms with Gasteiger partial charge in [0.2, 0.25) is 6.29 Å². The number of esters is 1. The molecular weight excluding hydrogens is 420 g/mol. The molecule has 0 saturated carbocycles. The van der Waals surface area contributed by atoms with E-state index < -0.39 is 67.7 Å². The second-order valence-electron chi connectivity index (χ2n) is 7.39. The van der Waals surface area contributed by atoms with Crippen LogP contribution in [0.4, 0.5) is 0 Å². The number of hydrogen-bond acceptors (Lipinski definition) is 11. The molecule has 1 saturated heterocycles. The third-order valence-electron chi connectivity index (χ3n) is 4.54. The van der Waals surface area contributed by atoms with Crippen molar-refractivity contribution in [3.63, 3.8) is 0 Å².